The number of hydrogen-bond donors (Lipinski definition) is 3. The summed E-state index contributed by atoms with van der Waals surface area (Å²) in [4.78, 5) is 12.1. The smallest absolute Gasteiger partial charge is 0.159 e. The number of aromatic nitrogens is 3. The van der Waals surface area contributed by atoms with E-state index in [4.69, 9.17) is 17.3 Å². The van der Waals surface area contributed by atoms with E-state index in [0.717, 1.165) is 0 Å². The topological polar surface area (TPSA) is 88.8 Å². The predicted molar refractivity (Wildman–Crippen MR) is 77.7 cm³/mol. The van der Waals surface area contributed by atoms with Gasteiger partial charge in [-0.25, -0.2) is 15.0 Å². The fraction of sp³-hybridized carbons (Fsp3) is 0.0833. The molecule has 4 N–H and O–H groups in total. The van der Waals surface area contributed by atoms with Crippen LogP contribution in [0.1, 0.15) is 0 Å². The van der Waals surface area contributed by atoms with Gasteiger partial charge < -0.3 is 16.4 Å². The van der Waals surface area contributed by atoms with Crippen molar-refractivity contribution >= 4 is 34.6 Å². The highest BCUT2D eigenvalue weighted by Crippen LogP contribution is 2.28. The van der Waals surface area contributed by atoms with Crippen molar-refractivity contribution in [2.75, 3.05) is 22.9 Å². The van der Waals surface area contributed by atoms with Crippen LogP contribution in [0.4, 0.5) is 23.0 Å². The van der Waals surface area contributed by atoms with Crippen molar-refractivity contribution < 1.29 is 0 Å². The number of nitrogens with zero attached hydrogens (tertiary/aromatic N) is 3. The minimum absolute atomic E-state index is 0.348. The highest BCUT2D eigenvalue weighted by atomic mass is 35.5. The van der Waals surface area contributed by atoms with E-state index in [1.165, 1.54) is 6.33 Å². The largest absolute Gasteiger partial charge is 0.393 e. The SMILES string of the molecule is C=CCNc1ncnc(Nc2cccnc2Cl)c1N. The van der Waals surface area contributed by atoms with E-state index >= 15 is 0 Å². The lowest BCUT2D eigenvalue weighted by Crippen LogP contribution is -2.08. The fourth-order valence-corrected chi connectivity index (χ4v) is 1.58. The molecule has 2 aromatic rings. The lowest BCUT2D eigenvalue weighted by Gasteiger charge is -2.12. The average Bonchev–Trinajstić information content (AvgIpc) is 2.42. The Morgan fingerprint density at radius 3 is 2.84 bits per heavy atom. The molecule has 2 aromatic heterocycles. The average molecular weight is 277 g/mol. The van der Waals surface area contributed by atoms with Gasteiger partial charge >= 0.3 is 0 Å². The third-order valence-electron chi connectivity index (χ3n) is 2.31. The van der Waals surface area contributed by atoms with Crippen LogP contribution in [0.3, 0.4) is 0 Å². The molecule has 0 fully saturated rings. The van der Waals surface area contributed by atoms with Crippen molar-refractivity contribution in [3.8, 4) is 0 Å². The summed E-state index contributed by atoms with van der Waals surface area (Å²) in [6, 6.07) is 3.55. The zero-order valence-corrected chi connectivity index (χ0v) is 10.9. The van der Waals surface area contributed by atoms with Crippen LogP contribution >= 0.6 is 11.6 Å². The quantitative estimate of drug-likeness (QED) is 0.574. The van der Waals surface area contributed by atoms with Crippen molar-refractivity contribution in [2.24, 2.45) is 0 Å². The fourth-order valence-electron chi connectivity index (χ4n) is 1.41. The molecule has 0 unspecified atom stereocenters. The summed E-state index contributed by atoms with van der Waals surface area (Å²) in [7, 11) is 0. The Labute approximate surface area is 115 Å². The summed E-state index contributed by atoms with van der Waals surface area (Å²) < 4.78 is 0. The third-order valence-corrected chi connectivity index (χ3v) is 2.61. The van der Waals surface area contributed by atoms with Crippen molar-refractivity contribution in [1.82, 2.24) is 15.0 Å². The summed E-state index contributed by atoms with van der Waals surface area (Å²) in [5.74, 6) is 1.01. The Hall–Kier alpha value is -2.34. The first-order valence-corrected chi connectivity index (χ1v) is 5.93. The molecule has 2 heterocycles. The molecule has 0 bridgehead atoms. The molecule has 0 aliphatic heterocycles. The summed E-state index contributed by atoms with van der Waals surface area (Å²) in [5.41, 5.74) is 7.01. The molecule has 0 radical (unpaired) electrons. The lowest BCUT2D eigenvalue weighted by molar-refractivity contribution is 1.14. The van der Waals surface area contributed by atoms with Gasteiger partial charge in [-0.1, -0.05) is 17.7 Å². The van der Waals surface area contributed by atoms with Crippen LogP contribution in [0.2, 0.25) is 5.15 Å². The van der Waals surface area contributed by atoms with E-state index in [1.54, 1.807) is 24.4 Å². The standard InChI is InChI=1S/C12H13ClN6/c1-2-5-16-11-9(14)12(18-7-17-11)19-8-4-3-6-15-10(8)13/h2-4,6-7H,1,5,14H2,(H2,16,17,18,19). The highest BCUT2D eigenvalue weighted by molar-refractivity contribution is 6.32. The molecule has 6 nitrogen and oxygen atoms in total. The first-order valence-electron chi connectivity index (χ1n) is 5.55. The normalized spacial score (nSPS) is 9.95. The van der Waals surface area contributed by atoms with Gasteiger partial charge in [-0.3, -0.25) is 0 Å². The van der Waals surface area contributed by atoms with Crippen molar-refractivity contribution in [3.63, 3.8) is 0 Å². The van der Waals surface area contributed by atoms with Crippen LogP contribution in [-0.2, 0) is 0 Å². The molecule has 0 amide bonds. The molecule has 7 heteroatoms. The van der Waals surface area contributed by atoms with Gasteiger partial charge in [0, 0.05) is 12.7 Å². The number of nitrogen functional groups attached to an aromatic ring is 1. The van der Waals surface area contributed by atoms with Gasteiger partial charge in [0.2, 0.25) is 0 Å². The summed E-state index contributed by atoms with van der Waals surface area (Å²) in [6.45, 7) is 4.18. The first-order chi connectivity index (χ1) is 9.22. The molecular weight excluding hydrogens is 264 g/mol. The van der Waals surface area contributed by atoms with Crippen LogP contribution in [0, 0.1) is 0 Å². The van der Waals surface area contributed by atoms with Gasteiger partial charge in [0.15, 0.2) is 16.8 Å². The van der Waals surface area contributed by atoms with E-state index in [-0.39, 0.29) is 0 Å². The molecule has 0 saturated carbocycles. The Bertz CT molecular complexity index is 586. The number of pyridine rings is 1. The predicted octanol–water partition coefficient (Wildman–Crippen LogP) is 2.45. The number of nitrogens with one attached hydrogen (secondary N) is 2. The van der Waals surface area contributed by atoms with Crippen LogP contribution in [0.25, 0.3) is 0 Å². The van der Waals surface area contributed by atoms with Gasteiger partial charge in [-0.05, 0) is 12.1 Å². The highest BCUT2D eigenvalue weighted by Gasteiger charge is 2.09. The van der Waals surface area contributed by atoms with Gasteiger partial charge in [0.25, 0.3) is 0 Å². The van der Waals surface area contributed by atoms with E-state index in [9.17, 15) is 0 Å². The van der Waals surface area contributed by atoms with E-state index < -0.39 is 0 Å². The molecule has 0 atom stereocenters. The monoisotopic (exact) mass is 276 g/mol. The third kappa shape index (κ3) is 3.11. The minimum atomic E-state index is 0.348. The Morgan fingerprint density at radius 1 is 1.32 bits per heavy atom. The number of rotatable bonds is 5. The Balaban J connectivity index is 2.26. The van der Waals surface area contributed by atoms with E-state index in [0.29, 0.717) is 34.7 Å². The number of anilines is 4. The van der Waals surface area contributed by atoms with Crippen molar-refractivity contribution in [2.45, 2.75) is 0 Å². The van der Waals surface area contributed by atoms with Crippen LogP contribution in [0.5, 0.6) is 0 Å². The molecule has 0 spiro atoms. The molecule has 0 saturated heterocycles. The Morgan fingerprint density at radius 2 is 2.11 bits per heavy atom. The molecule has 0 aliphatic carbocycles. The van der Waals surface area contributed by atoms with E-state index in [1.807, 2.05) is 0 Å². The van der Waals surface area contributed by atoms with Crippen molar-refractivity contribution in [1.29, 1.82) is 0 Å². The van der Waals surface area contributed by atoms with E-state index in [2.05, 4.69) is 32.2 Å². The maximum atomic E-state index is 5.97. The maximum absolute atomic E-state index is 5.97. The molecule has 2 rings (SSSR count). The zero-order chi connectivity index (χ0) is 13.7. The zero-order valence-electron chi connectivity index (χ0n) is 10.1. The second-order valence-corrected chi connectivity index (χ2v) is 3.98. The van der Waals surface area contributed by atoms with Crippen LogP contribution in [-0.4, -0.2) is 21.5 Å². The van der Waals surface area contributed by atoms with Gasteiger partial charge in [-0.2, -0.15) is 0 Å². The maximum Gasteiger partial charge on any atom is 0.159 e. The first kappa shape index (κ1) is 13.1. The molecule has 98 valence electrons. The number of halogens is 1. The molecular formula is C12H13ClN6. The molecule has 0 aliphatic rings. The number of hydrogen-bond acceptors (Lipinski definition) is 6. The number of nitrogens with two attached hydrogens (primary N) is 1. The van der Waals surface area contributed by atoms with Gasteiger partial charge in [-0.15, -0.1) is 6.58 Å². The summed E-state index contributed by atoms with van der Waals surface area (Å²) >= 11 is 5.96. The van der Waals surface area contributed by atoms with Crippen LogP contribution < -0.4 is 16.4 Å². The van der Waals surface area contributed by atoms with Crippen LogP contribution in [0.15, 0.2) is 37.3 Å². The molecule has 0 aromatic carbocycles. The minimum Gasteiger partial charge on any atom is -0.393 e. The molecule has 19 heavy (non-hydrogen) atoms. The van der Waals surface area contributed by atoms with Crippen molar-refractivity contribution in [3.05, 3.63) is 42.5 Å². The van der Waals surface area contributed by atoms with Gasteiger partial charge in [0.1, 0.15) is 12.0 Å². The summed E-state index contributed by atoms with van der Waals surface area (Å²) in [6.07, 6.45) is 4.73. The second kappa shape index (κ2) is 6.01. The summed E-state index contributed by atoms with van der Waals surface area (Å²) in [5, 5.41) is 6.39. The van der Waals surface area contributed by atoms with Gasteiger partial charge in [0.05, 0.1) is 5.69 Å². The lowest BCUT2D eigenvalue weighted by atomic mass is 10.3. The second-order valence-electron chi connectivity index (χ2n) is 3.62. The Kier molecular flexibility index (Phi) is 4.15.